The molecule has 0 saturated carbocycles. The first kappa shape index (κ1) is 11.5. The predicted octanol–water partition coefficient (Wildman–Crippen LogP) is 2.47. The third kappa shape index (κ3) is 3.01. The fraction of sp³-hybridized carbons (Fsp3) is 0. The van der Waals surface area contributed by atoms with Crippen molar-refractivity contribution < 1.29 is 14.3 Å². The van der Waals surface area contributed by atoms with Gasteiger partial charge in [0.25, 0.3) is 0 Å². The molecule has 1 heterocycles. The number of halogens is 1. The Bertz CT molecular complexity index is 545. The fourth-order valence-electron chi connectivity index (χ4n) is 1.15. The van der Waals surface area contributed by atoms with E-state index in [0.717, 1.165) is 12.4 Å². The Balaban J connectivity index is 2.21. The van der Waals surface area contributed by atoms with E-state index >= 15 is 0 Å². The Morgan fingerprint density at radius 2 is 2.00 bits per heavy atom. The SMILES string of the molecule is O=C(O)c1cccc(Sc2ncc(F)cn2)c1. The largest absolute Gasteiger partial charge is 0.478 e. The number of carboxylic acid groups (broad SMARTS) is 1. The van der Waals surface area contributed by atoms with Gasteiger partial charge in [0.1, 0.15) is 0 Å². The van der Waals surface area contributed by atoms with Crippen LogP contribution < -0.4 is 0 Å². The predicted molar refractivity (Wildman–Crippen MR) is 59.5 cm³/mol. The summed E-state index contributed by atoms with van der Waals surface area (Å²) in [5.41, 5.74) is 0.192. The summed E-state index contributed by atoms with van der Waals surface area (Å²) in [5.74, 6) is -1.50. The van der Waals surface area contributed by atoms with E-state index in [0.29, 0.717) is 10.1 Å². The number of benzene rings is 1. The molecule has 0 atom stereocenters. The van der Waals surface area contributed by atoms with Gasteiger partial charge in [0.2, 0.25) is 0 Å². The fourth-order valence-corrected chi connectivity index (χ4v) is 1.91. The molecule has 0 unspecified atom stereocenters. The molecule has 1 N–H and O–H groups in total. The Hall–Kier alpha value is -1.95. The molecule has 0 spiro atoms. The van der Waals surface area contributed by atoms with Crippen molar-refractivity contribution >= 4 is 17.7 Å². The van der Waals surface area contributed by atoms with Gasteiger partial charge < -0.3 is 5.11 Å². The molecule has 0 saturated heterocycles. The van der Waals surface area contributed by atoms with E-state index in [2.05, 4.69) is 9.97 Å². The van der Waals surface area contributed by atoms with Gasteiger partial charge in [0.05, 0.1) is 18.0 Å². The minimum atomic E-state index is -0.993. The lowest BCUT2D eigenvalue weighted by Crippen LogP contribution is -1.95. The van der Waals surface area contributed by atoms with E-state index in [1.165, 1.54) is 23.9 Å². The monoisotopic (exact) mass is 250 g/mol. The summed E-state index contributed by atoms with van der Waals surface area (Å²) in [4.78, 5) is 19.0. The number of hydrogen-bond donors (Lipinski definition) is 1. The number of carbonyl (C=O) groups is 1. The van der Waals surface area contributed by atoms with Crippen LogP contribution in [0.1, 0.15) is 10.4 Å². The first-order chi connectivity index (χ1) is 8.15. The van der Waals surface area contributed by atoms with Crippen molar-refractivity contribution in [3.8, 4) is 0 Å². The highest BCUT2D eigenvalue weighted by Gasteiger charge is 2.05. The third-order valence-corrected chi connectivity index (χ3v) is 2.77. The summed E-state index contributed by atoms with van der Waals surface area (Å²) in [6.45, 7) is 0. The molecule has 4 nitrogen and oxygen atoms in total. The summed E-state index contributed by atoms with van der Waals surface area (Å²) in [5, 5.41) is 9.19. The van der Waals surface area contributed by atoms with Gasteiger partial charge in [-0.25, -0.2) is 19.2 Å². The number of carboxylic acids is 1. The molecular formula is C11H7FN2O2S. The quantitative estimate of drug-likeness (QED) is 0.848. The van der Waals surface area contributed by atoms with Gasteiger partial charge in [0.15, 0.2) is 11.0 Å². The molecule has 2 rings (SSSR count). The molecule has 0 fully saturated rings. The zero-order valence-corrected chi connectivity index (χ0v) is 9.32. The summed E-state index contributed by atoms with van der Waals surface area (Å²) >= 11 is 1.18. The summed E-state index contributed by atoms with van der Waals surface area (Å²) < 4.78 is 12.6. The maximum Gasteiger partial charge on any atom is 0.335 e. The highest BCUT2D eigenvalue weighted by molar-refractivity contribution is 7.99. The molecule has 0 radical (unpaired) electrons. The third-order valence-electron chi connectivity index (χ3n) is 1.89. The number of aromatic nitrogens is 2. The van der Waals surface area contributed by atoms with Crippen molar-refractivity contribution in [1.29, 1.82) is 0 Å². The number of hydrogen-bond acceptors (Lipinski definition) is 4. The Morgan fingerprint density at radius 3 is 2.65 bits per heavy atom. The van der Waals surface area contributed by atoms with E-state index in [1.54, 1.807) is 12.1 Å². The van der Waals surface area contributed by atoms with E-state index in [9.17, 15) is 9.18 Å². The molecule has 2 aromatic rings. The topological polar surface area (TPSA) is 63.1 Å². The van der Waals surface area contributed by atoms with Gasteiger partial charge >= 0.3 is 5.97 Å². The number of aromatic carboxylic acids is 1. The Labute approximate surface area is 101 Å². The second kappa shape index (κ2) is 4.92. The molecule has 0 amide bonds. The van der Waals surface area contributed by atoms with Gasteiger partial charge in [-0.1, -0.05) is 6.07 Å². The van der Waals surface area contributed by atoms with E-state index in [1.807, 2.05) is 0 Å². The maximum atomic E-state index is 12.6. The first-order valence-electron chi connectivity index (χ1n) is 4.64. The molecule has 6 heteroatoms. The van der Waals surface area contributed by atoms with Crippen LogP contribution in [0.15, 0.2) is 46.7 Å². The molecule has 0 bridgehead atoms. The Kier molecular flexibility index (Phi) is 3.34. The van der Waals surface area contributed by atoms with Crippen LogP contribution in [0, 0.1) is 5.82 Å². The van der Waals surface area contributed by atoms with Crippen molar-refractivity contribution in [3.05, 3.63) is 48.0 Å². The van der Waals surface area contributed by atoms with Crippen LogP contribution in [0.2, 0.25) is 0 Å². The average Bonchev–Trinajstić information content (AvgIpc) is 2.32. The van der Waals surface area contributed by atoms with Crippen LogP contribution in [-0.4, -0.2) is 21.0 Å². The molecule has 1 aromatic heterocycles. The second-order valence-electron chi connectivity index (χ2n) is 3.12. The molecule has 1 aromatic carbocycles. The lowest BCUT2D eigenvalue weighted by atomic mass is 10.2. The molecule has 0 aliphatic heterocycles. The first-order valence-corrected chi connectivity index (χ1v) is 5.45. The van der Waals surface area contributed by atoms with Gasteiger partial charge in [0, 0.05) is 4.90 Å². The van der Waals surface area contributed by atoms with Gasteiger partial charge in [-0.2, -0.15) is 0 Å². The maximum absolute atomic E-state index is 12.6. The second-order valence-corrected chi connectivity index (χ2v) is 4.16. The molecular weight excluding hydrogens is 243 g/mol. The lowest BCUT2D eigenvalue weighted by Gasteiger charge is -2.00. The summed E-state index contributed by atoms with van der Waals surface area (Å²) in [7, 11) is 0. The minimum absolute atomic E-state index is 0.192. The van der Waals surface area contributed by atoms with Crippen molar-refractivity contribution in [2.24, 2.45) is 0 Å². The average molecular weight is 250 g/mol. The molecule has 86 valence electrons. The van der Waals surface area contributed by atoms with E-state index < -0.39 is 11.8 Å². The van der Waals surface area contributed by atoms with Crippen LogP contribution in [0.5, 0.6) is 0 Å². The smallest absolute Gasteiger partial charge is 0.335 e. The van der Waals surface area contributed by atoms with E-state index in [-0.39, 0.29) is 5.56 Å². The zero-order chi connectivity index (χ0) is 12.3. The highest BCUT2D eigenvalue weighted by atomic mass is 32.2. The summed E-state index contributed by atoms with van der Waals surface area (Å²) in [6.07, 6.45) is 2.13. The van der Waals surface area contributed by atoms with Crippen molar-refractivity contribution in [1.82, 2.24) is 9.97 Å². The minimum Gasteiger partial charge on any atom is -0.478 e. The molecule has 0 aliphatic carbocycles. The normalized spacial score (nSPS) is 10.2. The molecule has 17 heavy (non-hydrogen) atoms. The number of nitrogens with zero attached hydrogens (tertiary/aromatic N) is 2. The van der Waals surface area contributed by atoms with Crippen molar-refractivity contribution in [2.45, 2.75) is 10.1 Å². The standard InChI is InChI=1S/C11H7FN2O2S/c12-8-5-13-11(14-6-8)17-9-3-1-2-7(4-9)10(15)16/h1-6H,(H,15,16). The van der Waals surface area contributed by atoms with Crippen LogP contribution in [-0.2, 0) is 0 Å². The van der Waals surface area contributed by atoms with Crippen LogP contribution in [0.3, 0.4) is 0 Å². The zero-order valence-electron chi connectivity index (χ0n) is 8.50. The van der Waals surface area contributed by atoms with Gasteiger partial charge in [-0.05, 0) is 30.0 Å². The van der Waals surface area contributed by atoms with Gasteiger partial charge in [-0.3, -0.25) is 0 Å². The highest BCUT2D eigenvalue weighted by Crippen LogP contribution is 2.24. The van der Waals surface area contributed by atoms with Crippen molar-refractivity contribution in [3.63, 3.8) is 0 Å². The van der Waals surface area contributed by atoms with Crippen LogP contribution >= 0.6 is 11.8 Å². The number of rotatable bonds is 3. The van der Waals surface area contributed by atoms with Crippen molar-refractivity contribution in [2.75, 3.05) is 0 Å². The Morgan fingerprint density at radius 1 is 1.29 bits per heavy atom. The summed E-state index contributed by atoms with van der Waals surface area (Å²) in [6, 6.07) is 6.39. The van der Waals surface area contributed by atoms with Crippen LogP contribution in [0.4, 0.5) is 4.39 Å². The van der Waals surface area contributed by atoms with Crippen LogP contribution in [0.25, 0.3) is 0 Å². The van der Waals surface area contributed by atoms with E-state index in [4.69, 9.17) is 5.11 Å². The molecule has 0 aliphatic rings. The lowest BCUT2D eigenvalue weighted by molar-refractivity contribution is 0.0696. The van der Waals surface area contributed by atoms with Gasteiger partial charge in [-0.15, -0.1) is 0 Å².